The molecule has 0 aliphatic heterocycles. The molecule has 0 fully saturated rings. The Kier molecular flexibility index (Phi) is 4.42. The molecule has 0 aliphatic rings. The Labute approximate surface area is 134 Å². The second-order valence-corrected chi connectivity index (χ2v) is 7.08. The van der Waals surface area contributed by atoms with Crippen LogP contribution in [0.2, 0.25) is 0 Å². The maximum atomic E-state index is 13.9. The highest BCUT2D eigenvalue weighted by molar-refractivity contribution is 7.92. The normalized spacial score (nSPS) is 11.3. The molecule has 0 aliphatic carbocycles. The third kappa shape index (κ3) is 3.05. The van der Waals surface area contributed by atoms with Crippen molar-refractivity contribution in [2.24, 2.45) is 0 Å². The highest BCUT2D eigenvalue weighted by Crippen LogP contribution is 2.28. The first-order chi connectivity index (χ1) is 10.7. The standard InChI is InChI=1S/C16H16FNO4S/c1-10-8-12(16(19)20)9-15(11(10)2)23(21,22)18(3)14-7-5-4-6-13(14)17/h4-9H,1-3H3,(H,19,20). The lowest BCUT2D eigenvalue weighted by Gasteiger charge is -2.22. The van der Waals surface area contributed by atoms with Crippen LogP contribution in [-0.4, -0.2) is 26.5 Å². The Morgan fingerprint density at radius 2 is 1.78 bits per heavy atom. The second kappa shape index (κ2) is 6.00. The van der Waals surface area contributed by atoms with E-state index < -0.39 is 21.8 Å². The molecule has 7 heteroatoms. The summed E-state index contributed by atoms with van der Waals surface area (Å²) >= 11 is 0. The van der Waals surface area contributed by atoms with Crippen molar-refractivity contribution in [3.8, 4) is 0 Å². The Bertz CT molecular complexity index is 878. The molecule has 0 bridgehead atoms. The number of carboxylic acids is 1. The van der Waals surface area contributed by atoms with Crippen LogP contribution in [-0.2, 0) is 10.0 Å². The van der Waals surface area contributed by atoms with Gasteiger partial charge in [-0.15, -0.1) is 0 Å². The molecule has 0 atom stereocenters. The quantitative estimate of drug-likeness (QED) is 0.931. The van der Waals surface area contributed by atoms with Crippen LogP contribution in [0.1, 0.15) is 21.5 Å². The number of aryl methyl sites for hydroxylation is 1. The van der Waals surface area contributed by atoms with Crippen molar-refractivity contribution in [3.05, 3.63) is 58.9 Å². The monoisotopic (exact) mass is 337 g/mol. The van der Waals surface area contributed by atoms with Gasteiger partial charge in [-0.2, -0.15) is 0 Å². The second-order valence-electron chi connectivity index (χ2n) is 5.15. The van der Waals surface area contributed by atoms with E-state index in [9.17, 15) is 17.6 Å². The van der Waals surface area contributed by atoms with Crippen molar-refractivity contribution in [3.63, 3.8) is 0 Å². The van der Waals surface area contributed by atoms with Crippen LogP contribution in [0.4, 0.5) is 10.1 Å². The largest absolute Gasteiger partial charge is 0.478 e. The van der Waals surface area contributed by atoms with Crippen LogP contribution >= 0.6 is 0 Å². The van der Waals surface area contributed by atoms with Crippen molar-refractivity contribution in [2.75, 3.05) is 11.4 Å². The molecule has 5 nitrogen and oxygen atoms in total. The van der Waals surface area contributed by atoms with Crippen molar-refractivity contribution in [1.82, 2.24) is 0 Å². The fourth-order valence-corrected chi connectivity index (χ4v) is 3.73. The predicted octanol–water partition coefficient (Wildman–Crippen LogP) is 2.97. The van der Waals surface area contributed by atoms with E-state index in [2.05, 4.69) is 0 Å². The average Bonchev–Trinajstić information content (AvgIpc) is 2.49. The number of sulfonamides is 1. The summed E-state index contributed by atoms with van der Waals surface area (Å²) in [6, 6.07) is 7.98. The van der Waals surface area contributed by atoms with Crippen LogP contribution < -0.4 is 4.31 Å². The number of aromatic carboxylic acids is 1. The van der Waals surface area contributed by atoms with Crippen molar-refractivity contribution in [2.45, 2.75) is 18.7 Å². The zero-order valence-electron chi connectivity index (χ0n) is 12.9. The first-order valence-electron chi connectivity index (χ1n) is 6.74. The average molecular weight is 337 g/mol. The molecule has 122 valence electrons. The molecular weight excluding hydrogens is 321 g/mol. The lowest BCUT2D eigenvalue weighted by atomic mass is 10.1. The highest BCUT2D eigenvalue weighted by Gasteiger charge is 2.27. The van der Waals surface area contributed by atoms with E-state index >= 15 is 0 Å². The van der Waals surface area contributed by atoms with Crippen LogP contribution in [0.15, 0.2) is 41.3 Å². The molecule has 0 amide bonds. The van der Waals surface area contributed by atoms with Gasteiger partial charge in [-0.25, -0.2) is 17.6 Å². The van der Waals surface area contributed by atoms with Crippen LogP contribution in [0.3, 0.4) is 0 Å². The molecule has 0 heterocycles. The summed E-state index contributed by atoms with van der Waals surface area (Å²) in [7, 11) is -2.86. The summed E-state index contributed by atoms with van der Waals surface area (Å²) in [5, 5.41) is 9.12. The van der Waals surface area contributed by atoms with E-state index in [1.165, 1.54) is 31.3 Å². The Balaban J connectivity index is 2.65. The van der Waals surface area contributed by atoms with Gasteiger partial charge < -0.3 is 5.11 Å². The summed E-state index contributed by atoms with van der Waals surface area (Å²) in [5.41, 5.74) is 0.725. The predicted molar refractivity (Wildman–Crippen MR) is 84.9 cm³/mol. The maximum Gasteiger partial charge on any atom is 0.335 e. The third-order valence-corrected chi connectivity index (χ3v) is 5.59. The van der Waals surface area contributed by atoms with Crippen LogP contribution in [0.5, 0.6) is 0 Å². The van der Waals surface area contributed by atoms with Gasteiger partial charge in [0.2, 0.25) is 0 Å². The number of para-hydroxylation sites is 1. The highest BCUT2D eigenvalue weighted by atomic mass is 32.2. The smallest absolute Gasteiger partial charge is 0.335 e. The number of benzene rings is 2. The van der Waals surface area contributed by atoms with Crippen LogP contribution in [0, 0.1) is 19.7 Å². The maximum absolute atomic E-state index is 13.9. The number of carboxylic acid groups (broad SMARTS) is 1. The summed E-state index contributed by atoms with van der Waals surface area (Å²) in [5.74, 6) is -1.90. The SMILES string of the molecule is Cc1cc(C(=O)O)cc(S(=O)(=O)N(C)c2ccccc2F)c1C. The minimum Gasteiger partial charge on any atom is -0.478 e. The molecule has 2 aromatic rings. The van der Waals surface area contributed by atoms with E-state index in [0.717, 1.165) is 16.4 Å². The minimum absolute atomic E-state index is 0.106. The molecule has 0 radical (unpaired) electrons. The fraction of sp³-hybridized carbons (Fsp3) is 0.188. The molecule has 0 saturated carbocycles. The molecule has 23 heavy (non-hydrogen) atoms. The van der Waals surface area contributed by atoms with Gasteiger partial charge in [-0.1, -0.05) is 12.1 Å². The van der Waals surface area contributed by atoms with Gasteiger partial charge in [0.1, 0.15) is 5.82 Å². The lowest BCUT2D eigenvalue weighted by Crippen LogP contribution is -2.28. The van der Waals surface area contributed by atoms with E-state index in [1.807, 2.05) is 0 Å². The topological polar surface area (TPSA) is 74.7 Å². The summed E-state index contributed by atoms with van der Waals surface area (Å²) in [6.45, 7) is 3.22. The van der Waals surface area contributed by atoms with Crippen molar-refractivity contribution in [1.29, 1.82) is 0 Å². The molecule has 0 unspecified atom stereocenters. The molecule has 0 aromatic heterocycles. The van der Waals surface area contributed by atoms with Crippen molar-refractivity contribution < 1.29 is 22.7 Å². The number of nitrogens with zero attached hydrogens (tertiary/aromatic N) is 1. The third-order valence-electron chi connectivity index (χ3n) is 3.70. The van der Waals surface area contributed by atoms with Gasteiger partial charge in [0, 0.05) is 7.05 Å². The Hall–Kier alpha value is -2.41. The fourth-order valence-electron chi connectivity index (χ4n) is 2.20. The number of rotatable bonds is 4. The number of hydrogen-bond donors (Lipinski definition) is 1. The Morgan fingerprint density at radius 3 is 2.35 bits per heavy atom. The number of carbonyl (C=O) groups is 1. The molecule has 1 N–H and O–H groups in total. The van der Waals surface area contributed by atoms with E-state index in [4.69, 9.17) is 5.11 Å². The first kappa shape index (κ1) is 17.0. The molecule has 2 aromatic carbocycles. The van der Waals surface area contributed by atoms with Crippen molar-refractivity contribution >= 4 is 21.7 Å². The van der Waals surface area contributed by atoms with Gasteiger partial charge in [0.15, 0.2) is 0 Å². The van der Waals surface area contributed by atoms with Gasteiger partial charge in [-0.3, -0.25) is 4.31 Å². The summed E-state index contributed by atoms with van der Waals surface area (Å²) in [6.07, 6.45) is 0. The zero-order chi connectivity index (χ0) is 17.4. The number of anilines is 1. The lowest BCUT2D eigenvalue weighted by molar-refractivity contribution is 0.0696. The molecule has 0 saturated heterocycles. The van der Waals surface area contributed by atoms with E-state index in [-0.39, 0.29) is 16.1 Å². The minimum atomic E-state index is -4.09. The molecular formula is C16H16FNO4S. The van der Waals surface area contributed by atoms with E-state index in [1.54, 1.807) is 13.8 Å². The number of hydrogen-bond acceptors (Lipinski definition) is 3. The van der Waals surface area contributed by atoms with E-state index in [0.29, 0.717) is 11.1 Å². The Morgan fingerprint density at radius 1 is 1.17 bits per heavy atom. The van der Waals surface area contributed by atoms with Crippen LogP contribution in [0.25, 0.3) is 0 Å². The van der Waals surface area contributed by atoms with Gasteiger partial charge >= 0.3 is 5.97 Å². The van der Waals surface area contributed by atoms with Gasteiger partial charge in [0.05, 0.1) is 16.1 Å². The molecule has 2 rings (SSSR count). The summed E-state index contributed by atoms with van der Waals surface area (Å²) in [4.78, 5) is 11.0. The summed E-state index contributed by atoms with van der Waals surface area (Å²) < 4.78 is 40.3. The number of halogens is 1. The first-order valence-corrected chi connectivity index (χ1v) is 8.18. The zero-order valence-corrected chi connectivity index (χ0v) is 13.7. The van der Waals surface area contributed by atoms with Gasteiger partial charge in [-0.05, 0) is 49.2 Å². The molecule has 0 spiro atoms. The van der Waals surface area contributed by atoms with Gasteiger partial charge in [0.25, 0.3) is 10.0 Å².